The van der Waals surface area contributed by atoms with Gasteiger partial charge in [0.05, 0.1) is 0 Å². The maximum Gasteiger partial charge on any atom is 0.272 e. The van der Waals surface area contributed by atoms with Gasteiger partial charge in [-0.1, -0.05) is 36.4 Å². The zero-order valence-electron chi connectivity index (χ0n) is 13.9. The minimum absolute atomic E-state index is 0.0765. The van der Waals surface area contributed by atoms with Crippen molar-refractivity contribution in [3.63, 3.8) is 0 Å². The van der Waals surface area contributed by atoms with E-state index in [9.17, 15) is 14.9 Å². The Morgan fingerprint density at radius 1 is 1.19 bits per heavy atom. The van der Waals surface area contributed by atoms with Crippen molar-refractivity contribution < 1.29 is 9.72 Å². The largest absolute Gasteiger partial charge is 0.399 e. The second-order valence-corrected chi connectivity index (χ2v) is 6.05. The molecule has 0 aliphatic heterocycles. The van der Waals surface area contributed by atoms with E-state index in [1.807, 2.05) is 6.07 Å². The number of nitrogens with zero attached hydrogens (tertiary/aromatic N) is 1. The fraction of sp³-hybridized carbons (Fsp3) is 0.100. The third-order valence-electron chi connectivity index (χ3n) is 4.18. The molecule has 130 valence electrons. The van der Waals surface area contributed by atoms with Gasteiger partial charge >= 0.3 is 0 Å². The van der Waals surface area contributed by atoms with Crippen LogP contribution in [0.5, 0.6) is 0 Å². The van der Waals surface area contributed by atoms with E-state index in [1.165, 1.54) is 12.2 Å². The molecule has 0 bridgehead atoms. The lowest BCUT2D eigenvalue weighted by molar-refractivity contribution is -0.490. The number of benzene rings is 2. The average Bonchev–Trinajstić information content (AvgIpc) is 2.62. The van der Waals surface area contributed by atoms with E-state index in [2.05, 4.69) is 0 Å². The lowest BCUT2D eigenvalue weighted by Crippen LogP contribution is -2.27. The Morgan fingerprint density at radius 3 is 2.58 bits per heavy atom. The lowest BCUT2D eigenvalue weighted by Gasteiger charge is -2.14. The highest BCUT2D eigenvalue weighted by Gasteiger charge is 2.24. The van der Waals surface area contributed by atoms with E-state index >= 15 is 0 Å². The minimum atomic E-state index is -1.12. The molecule has 3 N–H and O–H groups in total. The number of nitro groups is 1. The standard InChI is InChI=1S/C20H17N3O3/c21-16-7-8-17(20(24)14-4-2-1-3-5-14)15(12-16)10-13-6-9-19(23(25)26)18(22)11-13/h1-9,11-12,19,22H,10,21H2. The molecular formula is C20H17N3O3. The predicted molar refractivity (Wildman–Crippen MR) is 100 cm³/mol. The summed E-state index contributed by atoms with van der Waals surface area (Å²) in [5, 5.41) is 18.7. The number of carbonyl (C=O) groups excluding carboxylic acids is 1. The third kappa shape index (κ3) is 3.59. The Hall–Kier alpha value is -3.54. The van der Waals surface area contributed by atoms with Crippen molar-refractivity contribution in [3.8, 4) is 0 Å². The van der Waals surface area contributed by atoms with Gasteiger partial charge in [-0.2, -0.15) is 0 Å². The number of allylic oxidation sites excluding steroid dienone is 2. The second-order valence-electron chi connectivity index (χ2n) is 6.05. The Kier molecular flexibility index (Phi) is 4.75. The summed E-state index contributed by atoms with van der Waals surface area (Å²) < 4.78 is 0. The topological polar surface area (TPSA) is 110 Å². The van der Waals surface area contributed by atoms with Crippen molar-refractivity contribution in [3.05, 3.63) is 99.1 Å². The molecule has 2 aromatic rings. The van der Waals surface area contributed by atoms with Crippen molar-refractivity contribution in [2.45, 2.75) is 12.5 Å². The number of anilines is 1. The molecule has 2 aromatic carbocycles. The Balaban J connectivity index is 1.92. The van der Waals surface area contributed by atoms with Crippen LogP contribution >= 0.6 is 0 Å². The van der Waals surface area contributed by atoms with E-state index < -0.39 is 11.0 Å². The van der Waals surface area contributed by atoms with Gasteiger partial charge in [-0.25, -0.2) is 0 Å². The molecule has 0 spiro atoms. The number of nitrogen functional groups attached to an aromatic ring is 1. The van der Waals surface area contributed by atoms with E-state index in [0.29, 0.717) is 23.2 Å². The first-order valence-electron chi connectivity index (χ1n) is 8.04. The normalized spacial score (nSPS) is 16.2. The summed E-state index contributed by atoms with van der Waals surface area (Å²) in [7, 11) is 0. The van der Waals surface area contributed by atoms with Crippen LogP contribution in [0.15, 0.2) is 72.3 Å². The Bertz CT molecular complexity index is 946. The second kappa shape index (κ2) is 7.14. The molecule has 26 heavy (non-hydrogen) atoms. The van der Waals surface area contributed by atoms with Crippen molar-refractivity contribution >= 4 is 17.2 Å². The summed E-state index contributed by atoms with van der Waals surface area (Å²) in [4.78, 5) is 23.2. The lowest BCUT2D eigenvalue weighted by atomic mass is 9.91. The van der Waals surface area contributed by atoms with Crippen LogP contribution in [0.4, 0.5) is 5.69 Å². The summed E-state index contributed by atoms with van der Waals surface area (Å²) in [5.41, 5.74) is 8.89. The van der Waals surface area contributed by atoms with Crippen LogP contribution in [0.3, 0.4) is 0 Å². The van der Waals surface area contributed by atoms with Crippen LogP contribution in [0.2, 0.25) is 0 Å². The molecule has 6 nitrogen and oxygen atoms in total. The van der Waals surface area contributed by atoms with Gasteiger partial charge in [0.25, 0.3) is 6.04 Å². The van der Waals surface area contributed by atoms with E-state index in [0.717, 1.165) is 11.1 Å². The van der Waals surface area contributed by atoms with Gasteiger partial charge in [0.1, 0.15) is 5.71 Å². The van der Waals surface area contributed by atoms with E-state index in [1.54, 1.807) is 48.5 Å². The SMILES string of the molecule is N=C1C=C(Cc2cc(N)ccc2C(=O)c2ccccc2)C=CC1[N+](=O)[O-]. The quantitative estimate of drug-likeness (QED) is 0.374. The molecule has 0 aromatic heterocycles. The zero-order chi connectivity index (χ0) is 18.7. The molecule has 0 saturated heterocycles. The Morgan fingerprint density at radius 2 is 1.92 bits per heavy atom. The molecule has 1 aliphatic rings. The molecule has 1 aliphatic carbocycles. The fourth-order valence-corrected chi connectivity index (χ4v) is 2.89. The molecule has 1 unspecified atom stereocenters. The first-order valence-corrected chi connectivity index (χ1v) is 8.04. The summed E-state index contributed by atoms with van der Waals surface area (Å²) >= 11 is 0. The first kappa shape index (κ1) is 17.3. The van der Waals surface area contributed by atoms with Crippen LogP contribution in [-0.4, -0.2) is 22.5 Å². The number of ketones is 1. The number of hydrogen-bond donors (Lipinski definition) is 2. The van der Waals surface area contributed by atoms with E-state index in [4.69, 9.17) is 11.1 Å². The van der Waals surface area contributed by atoms with Crippen molar-refractivity contribution in [1.29, 1.82) is 5.41 Å². The maximum absolute atomic E-state index is 12.8. The first-order chi connectivity index (χ1) is 12.5. The fourth-order valence-electron chi connectivity index (χ4n) is 2.89. The van der Waals surface area contributed by atoms with Gasteiger partial charge < -0.3 is 5.73 Å². The molecule has 6 heteroatoms. The molecule has 1 atom stereocenters. The van der Waals surface area contributed by atoms with Gasteiger partial charge in [-0.05, 0) is 47.9 Å². The molecule has 0 radical (unpaired) electrons. The van der Waals surface area contributed by atoms with Crippen LogP contribution in [0.25, 0.3) is 0 Å². The van der Waals surface area contributed by atoms with Gasteiger partial charge in [0.15, 0.2) is 5.78 Å². The van der Waals surface area contributed by atoms with Crippen molar-refractivity contribution in [1.82, 2.24) is 0 Å². The number of nitrogens with two attached hydrogens (primary N) is 1. The van der Waals surface area contributed by atoms with Crippen LogP contribution in [-0.2, 0) is 6.42 Å². The van der Waals surface area contributed by atoms with Crippen LogP contribution < -0.4 is 5.73 Å². The van der Waals surface area contributed by atoms with Crippen molar-refractivity contribution in [2.24, 2.45) is 0 Å². The number of nitrogens with one attached hydrogen (secondary N) is 1. The van der Waals surface area contributed by atoms with Crippen LogP contribution in [0, 0.1) is 15.5 Å². The van der Waals surface area contributed by atoms with Crippen LogP contribution in [0.1, 0.15) is 21.5 Å². The predicted octanol–water partition coefficient (Wildman–Crippen LogP) is 3.20. The summed E-state index contributed by atoms with van der Waals surface area (Å²) in [6.45, 7) is 0. The molecular weight excluding hydrogens is 330 g/mol. The highest BCUT2D eigenvalue weighted by molar-refractivity contribution is 6.10. The van der Waals surface area contributed by atoms with Gasteiger partial charge in [-0.3, -0.25) is 20.3 Å². The van der Waals surface area contributed by atoms with Gasteiger partial charge in [0, 0.05) is 21.7 Å². The molecule has 3 rings (SSSR count). The number of hydrogen-bond acceptors (Lipinski definition) is 5. The van der Waals surface area contributed by atoms with Crippen molar-refractivity contribution in [2.75, 3.05) is 5.73 Å². The highest BCUT2D eigenvalue weighted by Crippen LogP contribution is 2.23. The smallest absolute Gasteiger partial charge is 0.272 e. The summed E-state index contributed by atoms with van der Waals surface area (Å²) in [6, 6.07) is 12.9. The van der Waals surface area contributed by atoms with Gasteiger partial charge in [-0.15, -0.1) is 0 Å². The summed E-state index contributed by atoms with van der Waals surface area (Å²) in [5.74, 6) is -0.112. The highest BCUT2D eigenvalue weighted by atomic mass is 16.6. The average molecular weight is 347 g/mol. The summed E-state index contributed by atoms with van der Waals surface area (Å²) in [6.07, 6.45) is 4.86. The maximum atomic E-state index is 12.8. The molecule has 0 heterocycles. The zero-order valence-corrected chi connectivity index (χ0v) is 13.9. The third-order valence-corrected chi connectivity index (χ3v) is 4.18. The molecule has 0 fully saturated rings. The minimum Gasteiger partial charge on any atom is -0.399 e. The van der Waals surface area contributed by atoms with E-state index in [-0.39, 0.29) is 11.5 Å². The number of rotatable bonds is 5. The molecule has 0 saturated carbocycles. The number of carbonyl (C=O) groups is 1. The van der Waals surface area contributed by atoms with Gasteiger partial charge in [0.2, 0.25) is 0 Å². The monoisotopic (exact) mass is 347 g/mol. The molecule has 0 amide bonds. The Labute approximate surface area is 150 Å².